The van der Waals surface area contributed by atoms with Crippen LogP contribution in [0.3, 0.4) is 0 Å². The van der Waals surface area contributed by atoms with E-state index in [1.54, 1.807) is 6.07 Å². The zero-order valence-corrected chi connectivity index (χ0v) is 11.6. The summed E-state index contributed by atoms with van der Waals surface area (Å²) in [4.78, 5) is 0. The van der Waals surface area contributed by atoms with Gasteiger partial charge in [0.1, 0.15) is 11.6 Å². The van der Waals surface area contributed by atoms with E-state index in [-0.39, 0.29) is 5.82 Å². The average molecular weight is 279 g/mol. The minimum Gasteiger partial charge on any atom is -0.340 e. The highest BCUT2D eigenvalue weighted by Gasteiger charge is 2.25. The van der Waals surface area contributed by atoms with Gasteiger partial charge in [-0.2, -0.15) is 5.10 Å². The summed E-state index contributed by atoms with van der Waals surface area (Å²) in [5, 5.41) is 10.7. The Labute approximate surface area is 121 Å². The highest BCUT2D eigenvalue weighted by atomic mass is 19.1. The molecular weight excluding hydrogens is 265 g/mol. The summed E-state index contributed by atoms with van der Waals surface area (Å²) in [7, 11) is 0. The molecule has 1 aromatic heterocycles. The monoisotopic (exact) mass is 279 g/mol. The number of hydrogen-bond acceptors (Lipinski definition) is 2. The first-order chi connectivity index (χ1) is 10.2. The Balaban J connectivity index is 1.73. The Hall–Kier alpha value is -2.62. The van der Waals surface area contributed by atoms with Crippen LogP contribution in [0.2, 0.25) is 0 Å². The first kappa shape index (κ1) is 12.1. The van der Waals surface area contributed by atoms with Crippen LogP contribution in [0.4, 0.5) is 15.9 Å². The van der Waals surface area contributed by atoms with Crippen molar-refractivity contribution in [1.29, 1.82) is 0 Å². The molecular formula is C17H14FN3. The van der Waals surface area contributed by atoms with Crippen molar-refractivity contribution < 1.29 is 4.39 Å². The van der Waals surface area contributed by atoms with Gasteiger partial charge in [-0.15, -0.1) is 0 Å². The fraction of sp³-hybridized carbons (Fsp3) is 0.118. The molecule has 21 heavy (non-hydrogen) atoms. The van der Waals surface area contributed by atoms with Crippen molar-refractivity contribution in [2.45, 2.75) is 13.3 Å². The maximum absolute atomic E-state index is 13.3. The van der Waals surface area contributed by atoms with Crippen LogP contribution in [0.1, 0.15) is 16.7 Å². The summed E-state index contributed by atoms with van der Waals surface area (Å²) in [5.41, 5.74) is 6.65. The fourth-order valence-electron chi connectivity index (χ4n) is 2.91. The number of H-pyrrole nitrogens is 1. The fourth-order valence-corrected chi connectivity index (χ4v) is 2.91. The Kier molecular flexibility index (Phi) is 2.57. The van der Waals surface area contributed by atoms with Crippen molar-refractivity contribution in [3.05, 3.63) is 65.0 Å². The molecule has 0 radical (unpaired) electrons. The van der Waals surface area contributed by atoms with Crippen molar-refractivity contribution in [2.75, 3.05) is 5.32 Å². The molecule has 1 aliphatic rings. The molecule has 1 heterocycles. The molecule has 0 atom stereocenters. The van der Waals surface area contributed by atoms with Crippen molar-refractivity contribution >= 4 is 11.5 Å². The molecule has 0 saturated heterocycles. The summed E-state index contributed by atoms with van der Waals surface area (Å²) in [5.74, 6) is 0.585. The minimum absolute atomic E-state index is 0.254. The summed E-state index contributed by atoms with van der Waals surface area (Å²) in [6.45, 7) is 2.12. The van der Waals surface area contributed by atoms with Gasteiger partial charge in [0.15, 0.2) is 0 Å². The van der Waals surface area contributed by atoms with Crippen LogP contribution >= 0.6 is 0 Å². The Morgan fingerprint density at radius 3 is 2.86 bits per heavy atom. The number of fused-ring (bicyclic) bond motifs is 3. The zero-order valence-electron chi connectivity index (χ0n) is 11.6. The summed E-state index contributed by atoms with van der Waals surface area (Å²) in [6.07, 6.45) is 0.853. The van der Waals surface area contributed by atoms with E-state index < -0.39 is 0 Å². The van der Waals surface area contributed by atoms with Crippen LogP contribution in [-0.4, -0.2) is 10.2 Å². The number of rotatable bonds is 2. The second-order valence-electron chi connectivity index (χ2n) is 5.34. The van der Waals surface area contributed by atoms with Gasteiger partial charge in [0, 0.05) is 23.2 Å². The molecule has 0 amide bonds. The number of nitrogens with zero attached hydrogens (tertiary/aromatic N) is 1. The van der Waals surface area contributed by atoms with Gasteiger partial charge in [0.05, 0.1) is 5.69 Å². The maximum Gasteiger partial charge on any atom is 0.130 e. The zero-order chi connectivity index (χ0) is 14.4. The lowest BCUT2D eigenvalue weighted by molar-refractivity contribution is 0.628. The van der Waals surface area contributed by atoms with Crippen LogP contribution in [0.15, 0.2) is 42.5 Å². The van der Waals surface area contributed by atoms with Crippen LogP contribution in [0, 0.1) is 12.7 Å². The van der Waals surface area contributed by atoms with E-state index in [0.29, 0.717) is 5.69 Å². The van der Waals surface area contributed by atoms with E-state index in [4.69, 9.17) is 0 Å². The summed E-state index contributed by atoms with van der Waals surface area (Å²) >= 11 is 0. The first-order valence-electron chi connectivity index (χ1n) is 6.91. The Morgan fingerprint density at radius 2 is 2.00 bits per heavy atom. The first-order valence-corrected chi connectivity index (χ1v) is 6.91. The lowest BCUT2D eigenvalue weighted by Gasteiger charge is -2.06. The van der Waals surface area contributed by atoms with Crippen LogP contribution < -0.4 is 5.32 Å². The van der Waals surface area contributed by atoms with Gasteiger partial charge in [0.2, 0.25) is 0 Å². The molecule has 104 valence electrons. The number of anilines is 2. The highest BCUT2D eigenvalue weighted by Crippen LogP contribution is 2.40. The van der Waals surface area contributed by atoms with Gasteiger partial charge >= 0.3 is 0 Å². The molecule has 0 aliphatic heterocycles. The van der Waals surface area contributed by atoms with Gasteiger partial charge in [-0.25, -0.2) is 4.39 Å². The lowest BCUT2D eigenvalue weighted by Crippen LogP contribution is -1.95. The molecule has 0 unspecified atom stereocenters. The average Bonchev–Trinajstić information content (AvgIpc) is 3.01. The van der Waals surface area contributed by atoms with E-state index in [9.17, 15) is 4.39 Å². The minimum atomic E-state index is -0.254. The van der Waals surface area contributed by atoms with Crippen LogP contribution in [-0.2, 0) is 6.42 Å². The molecule has 0 saturated carbocycles. The van der Waals surface area contributed by atoms with Crippen LogP contribution in [0.5, 0.6) is 0 Å². The topological polar surface area (TPSA) is 40.7 Å². The van der Waals surface area contributed by atoms with Crippen LogP contribution in [0.25, 0.3) is 11.3 Å². The number of nitrogens with one attached hydrogen (secondary N) is 2. The number of hydrogen-bond donors (Lipinski definition) is 2. The number of aromatic nitrogens is 2. The SMILES string of the molecule is Cc1cccc2c1Cc1c-2n[nH]c1Nc1cccc(F)c1. The summed E-state index contributed by atoms with van der Waals surface area (Å²) in [6, 6.07) is 12.7. The van der Waals surface area contributed by atoms with Crippen molar-refractivity contribution in [2.24, 2.45) is 0 Å². The normalized spacial score (nSPS) is 12.1. The van der Waals surface area contributed by atoms with Crippen molar-refractivity contribution in [3.8, 4) is 11.3 Å². The lowest BCUT2D eigenvalue weighted by atomic mass is 10.0. The number of benzene rings is 2. The molecule has 2 N–H and O–H groups in total. The van der Waals surface area contributed by atoms with Gasteiger partial charge in [-0.1, -0.05) is 24.3 Å². The van der Waals surface area contributed by atoms with E-state index in [2.05, 4.69) is 40.6 Å². The van der Waals surface area contributed by atoms with Crippen molar-refractivity contribution in [1.82, 2.24) is 10.2 Å². The van der Waals surface area contributed by atoms with Crippen molar-refractivity contribution in [3.63, 3.8) is 0 Å². The number of halogens is 1. The molecule has 1 aliphatic carbocycles. The number of aryl methyl sites for hydroxylation is 1. The van der Waals surface area contributed by atoms with Gasteiger partial charge in [-0.05, 0) is 36.2 Å². The number of aromatic amines is 1. The molecule has 0 fully saturated rings. The highest BCUT2D eigenvalue weighted by molar-refractivity contribution is 5.80. The largest absolute Gasteiger partial charge is 0.340 e. The molecule has 4 heteroatoms. The van der Waals surface area contributed by atoms with Gasteiger partial charge in [-0.3, -0.25) is 5.10 Å². The van der Waals surface area contributed by atoms with Gasteiger partial charge in [0.25, 0.3) is 0 Å². The summed E-state index contributed by atoms with van der Waals surface area (Å²) < 4.78 is 13.3. The molecule has 2 aromatic carbocycles. The molecule has 3 aromatic rings. The Bertz CT molecular complexity index is 836. The molecule has 3 nitrogen and oxygen atoms in total. The third kappa shape index (κ3) is 1.91. The maximum atomic E-state index is 13.3. The predicted octanol–water partition coefficient (Wildman–Crippen LogP) is 4.17. The Morgan fingerprint density at radius 1 is 1.14 bits per heavy atom. The van der Waals surface area contributed by atoms with E-state index >= 15 is 0 Å². The molecule has 4 rings (SSSR count). The van der Waals surface area contributed by atoms with E-state index in [1.165, 1.54) is 28.8 Å². The standard InChI is InChI=1S/C17H14FN3/c1-10-4-2-7-13-14(10)9-15-16(13)20-21-17(15)19-12-6-3-5-11(18)8-12/h2-8H,9H2,1H3,(H2,19,20,21). The smallest absolute Gasteiger partial charge is 0.130 e. The second-order valence-corrected chi connectivity index (χ2v) is 5.34. The third-order valence-corrected chi connectivity index (χ3v) is 3.98. The quantitative estimate of drug-likeness (QED) is 0.578. The van der Waals surface area contributed by atoms with Gasteiger partial charge < -0.3 is 5.32 Å². The third-order valence-electron chi connectivity index (χ3n) is 3.98. The predicted molar refractivity (Wildman–Crippen MR) is 81.2 cm³/mol. The molecule has 0 spiro atoms. The van der Waals surface area contributed by atoms with E-state index in [0.717, 1.165) is 23.5 Å². The molecule has 0 bridgehead atoms. The second kappa shape index (κ2) is 4.45. The van der Waals surface area contributed by atoms with E-state index in [1.807, 2.05) is 6.07 Å².